The third-order valence-electron chi connectivity index (χ3n) is 2.31. The van der Waals surface area contributed by atoms with Gasteiger partial charge in [0.2, 0.25) is 5.91 Å². The van der Waals surface area contributed by atoms with E-state index in [1.807, 2.05) is 0 Å². The van der Waals surface area contributed by atoms with Crippen molar-refractivity contribution >= 4 is 17.9 Å². The van der Waals surface area contributed by atoms with Gasteiger partial charge in [0, 0.05) is 19.0 Å². The van der Waals surface area contributed by atoms with Gasteiger partial charge in [-0.3, -0.25) is 9.59 Å². The van der Waals surface area contributed by atoms with Crippen molar-refractivity contribution in [2.45, 2.75) is 31.8 Å². The van der Waals surface area contributed by atoms with Gasteiger partial charge in [-0.2, -0.15) is 0 Å². The molecule has 90 valence electrons. The first kappa shape index (κ1) is 12.3. The van der Waals surface area contributed by atoms with E-state index in [1.165, 1.54) is 6.92 Å². The predicted octanol–water partition coefficient (Wildman–Crippen LogP) is -0.963. The zero-order valence-corrected chi connectivity index (χ0v) is 8.95. The van der Waals surface area contributed by atoms with E-state index in [9.17, 15) is 14.4 Å². The molecule has 1 aliphatic heterocycles. The van der Waals surface area contributed by atoms with E-state index in [0.29, 0.717) is 19.4 Å². The molecule has 1 fully saturated rings. The highest BCUT2D eigenvalue weighted by atomic mass is 16.4. The van der Waals surface area contributed by atoms with Crippen molar-refractivity contribution in [1.29, 1.82) is 0 Å². The Labute approximate surface area is 92.6 Å². The fraction of sp³-hybridized carbons (Fsp3) is 0.667. The molecule has 1 saturated heterocycles. The second-order valence-electron chi connectivity index (χ2n) is 3.72. The van der Waals surface area contributed by atoms with Gasteiger partial charge in [-0.15, -0.1) is 0 Å². The number of amides is 3. The van der Waals surface area contributed by atoms with Crippen molar-refractivity contribution in [1.82, 2.24) is 16.0 Å². The van der Waals surface area contributed by atoms with Crippen molar-refractivity contribution < 1.29 is 19.5 Å². The van der Waals surface area contributed by atoms with Gasteiger partial charge in [-0.25, -0.2) is 4.79 Å². The first-order valence-electron chi connectivity index (χ1n) is 5.05. The Hall–Kier alpha value is -1.79. The van der Waals surface area contributed by atoms with Crippen LogP contribution in [0.1, 0.15) is 19.8 Å². The molecule has 2 unspecified atom stereocenters. The molecule has 0 aliphatic carbocycles. The number of urea groups is 1. The average molecular weight is 229 g/mol. The summed E-state index contributed by atoms with van der Waals surface area (Å²) in [5, 5.41) is 16.0. The standard InChI is InChI=1S/C9H15N3O4/c1-5(8(14)15)11-9(16)10-4-6-2-3-7(13)12-6/h5-6H,2-4H2,1H3,(H,12,13)(H,14,15)(H2,10,11,16). The van der Waals surface area contributed by atoms with Crippen LogP contribution in [0.4, 0.5) is 4.79 Å². The molecule has 16 heavy (non-hydrogen) atoms. The van der Waals surface area contributed by atoms with E-state index in [2.05, 4.69) is 16.0 Å². The van der Waals surface area contributed by atoms with Crippen LogP contribution < -0.4 is 16.0 Å². The summed E-state index contributed by atoms with van der Waals surface area (Å²) in [4.78, 5) is 32.5. The molecule has 0 bridgehead atoms. The van der Waals surface area contributed by atoms with Crippen LogP contribution in [-0.2, 0) is 9.59 Å². The molecule has 0 radical (unpaired) electrons. The molecule has 2 atom stereocenters. The van der Waals surface area contributed by atoms with Crippen LogP contribution in [0.25, 0.3) is 0 Å². The van der Waals surface area contributed by atoms with Crippen LogP contribution in [-0.4, -0.2) is 41.6 Å². The lowest BCUT2D eigenvalue weighted by Gasteiger charge is -2.13. The SMILES string of the molecule is CC(NC(=O)NCC1CCC(=O)N1)C(=O)O. The minimum atomic E-state index is -1.09. The third-order valence-corrected chi connectivity index (χ3v) is 2.31. The van der Waals surface area contributed by atoms with E-state index in [1.54, 1.807) is 0 Å². The van der Waals surface area contributed by atoms with Crippen LogP contribution in [0.2, 0.25) is 0 Å². The first-order valence-corrected chi connectivity index (χ1v) is 5.05. The highest BCUT2D eigenvalue weighted by molar-refractivity contribution is 5.82. The molecule has 1 rings (SSSR count). The molecule has 0 aromatic carbocycles. The Morgan fingerprint density at radius 1 is 1.62 bits per heavy atom. The smallest absolute Gasteiger partial charge is 0.325 e. The Balaban J connectivity index is 2.20. The average Bonchev–Trinajstić information content (AvgIpc) is 2.61. The zero-order valence-electron chi connectivity index (χ0n) is 8.95. The predicted molar refractivity (Wildman–Crippen MR) is 54.8 cm³/mol. The summed E-state index contributed by atoms with van der Waals surface area (Å²) < 4.78 is 0. The largest absolute Gasteiger partial charge is 0.480 e. The maximum absolute atomic E-state index is 11.2. The number of aliphatic carboxylic acids is 1. The fourth-order valence-corrected chi connectivity index (χ4v) is 1.36. The van der Waals surface area contributed by atoms with Crippen LogP contribution in [0, 0.1) is 0 Å². The topological polar surface area (TPSA) is 108 Å². The zero-order chi connectivity index (χ0) is 12.1. The number of rotatable bonds is 4. The Kier molecular flexibility index (Phi) is 4.10. The van der Waals surface area contributed by atoms with E-state index < -0.39 is 18.0 Å². The summed E-state index contributed by atoms with van der Waals surface area (Å²) in [6.07, 6.45) is 1.16. The molecule has 7 nitrogen and oxygen atoms in total. The number of hydrogen-bond acceptors (Lipinski definition) is 3. The van der Waals surface area contributed by atoms with Crippen LogP contribution in [0.5, 0.6) is 0 Å². The third kappa shape index (κ3) is 3.76. The molecule has 0 aromatic rings. The number of carboxylic acid groups (broad SMARTS) is 1. The molecule has 0 saturated carbocycles. The van der Waals surface area contributed by atoms with Crippen molar-refractivity contribution in [2.75, 3.05) is 6.54 Å². The number of carboxylic acids is 1. The lowest BCUT2D eigenvalue weighted by atomic mass is 10.2. The Morgan fingerprint density at radius 2 is 2.31 bits per heavy atom. The van der Waals surface area contributed by atoms with E-state index in [0.717, 1.165) is 0 Å². The highest BCUT2D eigenvalue weighted by Crippen LogP contribution is 2.04. The minimum Gasteiger partial charge on any atom is -0.480 e. The van der Waals surface area contributed by atoms with E-state index in [-0.39, 0.29) is 11.9 Å². The molecule has 3 amide bonds. The second kappa shape index (κ2) is 5.34. The van der Waals surface area contributed by atoms with E-state index >= 15 is 0 Å². The van der Waals surface area contributed by atoms with Crippen LogP contribution >= 0.6 is 0 Å². The lowest BCUT2D eigenvalue weighted by Crippen LogP contribution is -2.47. The summed E-state index contributed by atoms with van der Waals surface area (Å²) in [6.45, 7) is 1.68. The van der Waals surface area contributed by atoms with Crippen molar-refractivity contribution in [3.63, 3.8) is 0 Å². The van der Waals surface area contributed by atoms with Gasteiger partial charge in [0.15, 0.2) is 0 Å². The van der Waals surface area contributed by atoms with Gasteiger partial charge in [0.05, 0.1) is 0 Å². The van der Waals surface area contributed by atoms with Crippen molar-refractivity contribution in [3.05, 3.63) is 0 Å². The van der Waals surface area contributed by atoms with Gasteiger partial charge in [0.25, 0.3) is 0 Å². The molecular weight excluding hydrogens is 214 g/mol. The summed E-state index contributed by atoms with van der Waals surface area (Å²) in [7, 11) is 0. The molecule has 0 spiro atoms. The van der Waals surface area contributed by atoms with Gasteiger partial charge >= 0.3 is 12.0 Å². The van der Waals surface area contributed by atoms with Crippen molar-refractivity contribution in [3.8, 4) is 0 Å². The second-order valence-corrected chi connectivity index (χ2v) is 3.72. The number of carbonyl (C=O) groups is 3. The molecule has 4 N–H and O–H groups in total. The molecule has 7 heteroatoms. The molecule has 1 heterocycles. The van der Waals surface area contributed by atoms with Gasteiger partial charge in [-0.1, -0.05) is 0 Å². The Bertz CT molecular complexity index is 305. The summed E-state index contributed by atoms with van der Waals surface area (Å²) in [6, 6.07) is -1.53. The monoisotopic (exact) mass is 229 g/mol. The minimum absolute atomic E-state index is 0.0221. The van der Waals surface area contributed by atoms with Gasteiger partial charge < -0.3 is 21.1 Å². The van der Waals surface area contributed by atoms with Crippen LogP contribution in [0.15, 0.2) is 0 Å². The van der Waals surface area contributed by atoms with E-state index in [4.69, 9.17) is 5.11 Å². The Morgan fingerprint density at radius 3 is 2.81 bits per heavy atom. The summed E-state index contributed by atoms with van der Waals surface area (Å²) in [5.74, 6) is -1.12. The highest BCUT2D eigenvalue weighted by Gasteiger charge is 2.21. The number of hydrogen-bond donors (Lipinski definition) is 4. The van der Waals surface area contributed by atoms with Crippen LogP contribution in [0.3, 0.4) is 0 Å². The quantitative estimate of drug-likeness (QED) is 0.497. The lowest BCUT2D eigenvalue weighted by molar-refractivity contribution is -0.138. The van der Waals surface area contributed by atoms with Gasteiger partial charge in [0.1, 0.15) is 6.04 Å². The first-order chi connectivity index (χ1) is 7.49. The fourth-order valence-electron chi connectivity index (χ4n) is 1.36. The summed E-state index contributed by atoms with van der Waals surface area (Å²) >= 11 is 0. The van der Waals surface area contributed by atoms with Gasteiger partial charge in [-0.05, 0) is 13.3 Å². The summed E-state index contributed by atoms with van der Waals surface area (Å²) in [5.41, 5.74) is 0. The maximum atomic E-state index is 11.2. The molecule has 0 aromatic heterocycles. The molecule has 1 aliphatic rings. The number of nitrogens with one attached hydrogen (secondary N) is 3. The molecular formula is C9H15N3O4. The number of carbonyl (C=O) groups excluding carboxylic acids is 2. The normalized spacial score (nSPS) is 21.1. The maximum Gasteiger partial charge on any atom is 0.325 e. The van der Waals surface area contributed by atoms with Crippen molar-refractivity contribution in [2.24, 2.45) is 0 Å².